The van der Waals surface area contributed by atoms with Crippen LogP contribution in [0, 0.1) is 28.4 Å². The Morgan fingerprint density at radius 2 is 0.625 bits per heavy atom. The maximum absolute atomic E-state index is 13.4. The zero-order valence-corrected chi connectivity index (χ0v) is 49.1. The number of nitriles is 2. The van der Waals surface area contributed by atoms with Gasteiger partial charge in [0.25, 0.3) is 12.5 Å². The van der Waals surface area contributed by atoms with Gasteiger partial charge in [-0.2, -0.15) is 25.5 Å². The quantitative estimate of drug-likeness (QED) is 0.0286. The van der Waals surface area contributed by atoms with Crippen LogP contribution in [0.5, 0.6) is 0 Å². The van der Waals surface area contributed by atoms with E-state index < -0.39 is 68.1 Å². The largest absolute Gasteiger partial charge is 0.449 e. The normalized spacial score (nSPS) is 12.7. The molecule has 0 fully saturated rings. The van der Waals surface area contributed by atoms with Crippen LogP contribution in [-0.2, 0) is 82.5 Å². The molecule has 0 saturated heterocycles. The number of rotatable bonds is 22. The Balaban J connectivity index is 0.000000788. The van der Waals surface area contributed by atoms with Gasteiger partial charge in [0, 0.05) is 0 Å². The first-order valence-electron chi connectivity index (χ1n) is 25.7. The van der Waals surface area contributed by atoms with Crippen molar-refractivity contribution in [2.24, 2.45) is 20.4 Å². The minimum Gasteiger partial charge on any atom is -0.449 e. The Morgan fingerprint density at radius 3 is 0.875 bits per heavy atom. The highest BCUT2D eigenvalue weighted by molar-refractivity contribution is 5.70. The fourth-order valence-corrected chi connectivity index (χ4v) is 7.95. The van der Waals surface area contributed by atoms with Crippen molar-refractivity contribution in [1.82, 2.24) is 16.0 Å². The van der Waals surface area contributed by atoms with Gasteiger partial charge in [-0.05, 0) is 174 Å². The molecule has 0 saturated carbocycles. The molecule has 19 nitrogen and oxygen atoms in total. The SMILES string of the molecule is CC(C)(N=C=O)c1cccc(C(C)(C)OC#N)c1.CC(COC(=O)NC(C)(C)c1cccc(C(C)(C)N=C=O)c1)(COC(=O)NC(C)(C)c1cccc(C(C)(C)N=C=O)c1)COC(=O)NC(C)(C)c1cccc(C(C)(C)OC#N)c1. The van der Waals surface area contributed by atoms with Gasteiger partial charge in [0.2, 0.25) is 18.2 Å². The Morgan fingerprint density at radius 1 is 0.400 bits per heavy atom. The molecule has 4 rings (SSSR count). The van der Waals surface area contributed by atoms with Crippen molar-refractivity contribution < 1.29 is 52.5 Å². The van der Waals surface area contributed by atoms with E-state index in [2.05, 4.69) is 30.9 Å². The molecule has 0 aromatic heterocycles. The van der Waals surface area contributed by atoms with Crippen LogP contribution in [0.3, 0.4) is 0 Å². The van der Waals surface area contributed by atoms with Gasteiger partial charge in [0.05, 0.1) is 38.6 Å². The highest BCUT2D eigenvalue weighted by Crippen LogP contribution is 2.34. The van der Waals surface area contributed by atoms with Gasteiger partial charge in [-0.1, -0.05) is 84.9 Å². The molecule has 0 heterocycles. The third-order valence-electron chi connectivity index (χ3n) is 13.6. The summed E-state index contributed by atoms with van der Waals surface area (Å²) in [6.07, 6.45) is 5.85. The summed E-state index contributed by atoms with van der Waals surface area (Å²) in [5.74, 6) is 0. The lowest BCUT2D eigenvalue weighted by Crippen LogP contribution is -2.47. The summed E-state index contributed by atoms with van der Waals surface area (Å²) in [7, 11) is 0. The second kappa shape index (κ2) is 26.4. The van der Waals surface area contributed by atoms with Crippen molar-refractivity contribution in [2.75, 3.05) is 19.8 Å². The summed E-state index contributed by atoms with van der Waals surface area (Å²) >= 11 is 0. The molecule has 4 aromatic carbocycles. The van der Waals surface area contributed by atoms with Crippen molar-refractivity contribution in [3.8, 4) is 12.5 Å². The molecule has 0 unspecified atom stereocenters. The summed E-state index contributed by atoms with van der Waals surface area (Å²) in [6, 6.07) is 29.3. The van der Waals surface area contributed by atoms with Crippen LogP contribution in [0.15, 0.2) is 112 Å². The number of carbonyl (C=O) groups excluding carboxylic acids is 6. The summed E-state index contributed by atoms with van der Waals surface area (Å²) in [5.41, 5.74) is -1.99. The summed E-state index contributed by atoms with van der Waals surface area (Å²) < 4.78 is 27.5. The van der Waals surface area contributed by atoms with E-state index in [1.165, 1.54) is 0 Å². The minimum absolute atomic E-state index is 0.339. The molecule has 80 heavy (non-hydrogen) atoms. The van der Waals surface area contributed by atoms with Crippen molar-refractivity contribution in [2.45, 2.75) is 162 Å². The summed E-state index contributed by atoms with van der Waals surface area (Å²) in [4.78, 5) is 84.3. The molecule has 3 amide bonds. The van der Waals surface area contributed by atoms with E-state index in [0.717, 1.165) is 27.8 Å². The average molecular weight is 1100 g/mol. The molecule has 0 spiro atoms. The predicted molar refractivity (Wildman–Crippen MR) is 299 cm³/mol. The molecular formula is C61H76N8O11. The first-order valence-corrected chi connectivity index (χ1v) is 25.7. The third-order valence-corrected chi connectivity index (χ3v) is 13.6. The molecule has 3 N–H and O–H groups in total. The van der Waals surface area contributed by atoms with Gasteiger partial charge in [0.15, 0.2) is 0 Å². The van der Waals surface area contributed by atoms with E-state index in [0.29, 0.717) is 16.7 Å². The molecule has 0 atom stereocenters. The number of nitrogens with one attached hydrogen (secondary N) is 3. The van der Waals surface area contributed by atoms with Crippen LogP contribution in [0.25, 0.3) is 0 Å². The zero-order chi connectivity index (χ0) is 60.6. The van der Waals surface area contributed by atoms with Crippen LogP contribution >= 0.6 is 0 Å². The van der Waals surface area contributed by atoms with Crippen molar-refractivity contribution >= 4 is 36.5 Å². The van der Waals surface area contributed by atoms with Crippen molar-refractivity contribution in [3.05, 3.63) is 142 Å². The number of nitrogens with zero attached hydrogens (tertiary/aromatic N) is 5. The van der Waals surface area contributed by atoms with Crippen LogP contribution < -0.4 is 16.0 Å². The standard InChI is InChI=1S/C47H60N6O9.C14H16N2O2/c1-41(2,49-30-54)32-17-14-19-34(23-32)43(5,6)51-38(56)59-26-47(13,27-60-39(57)52-44(7,8)35-20-15-18-33(24-35)42(3,4)50-31-55)28-61-40(58)53-45(9,10)36-21-16-22-37(25-36)46(11,12)62-29-48;1-13(2,16-10-17)11-6-5-7-12(8-11)14(3,4)18-9-15/h14-25H,26-28H2,1-13H3,(H,51,56)(H,52,57)(H,53,58);5-8H,1-4H3. The maximum Gasteiger partial charge on any atom is 0.407 e. The van der Waals surface area contributed by atoms with E-state index in [4.69, 9.17) is 34.2 Å². The van der Waals surface area contributed by atoms with E-state index in [1.54, 1.807) is 139 Å². The molecule has 19 heteroatoms. The smallest absolute Gasteiger partial charge is 0.407 e. The summed E-state index contributed by atoms with van der Waals surface area (Å²) in [6.45, 7) is 29.2. The first-order chi connectivity index (χ1) is 36.9. The zero-order valence-electron chi connectivity index (χ0n) is 49.1. The maximum atomic E-state index is 13.4. The van der Waals surface area contributed by atoms with Crippen molar-refractivity contribution in [1.29, 1.82) is 10.5 Å². The first kappa shape index (κ1) is 65.7. The topological polar surface area (TPSA) is 269 Å². The molecule has 426 valence electrons. The van der Waals surface area contributed by atoms with Gasteiger partial charge >= 0.3 is 18.3 Å². The van der Waals surface area contributed by atoms with Crippen LogP contribution in [0.4, 0.5) is 14.4 Å². The number of hydrogen-bond acceptors (Lipinski definition) is 16. The second-order valence-corrected chi connectivity index (χ2v) is 23.8. The van der Waals surface area contributed by atoms with Gasteiger partial charge in [-0.25, -0.2) is 28.8 Å². The molecule has 0 aliphatic heterocycles. The lowest BCUT2D eigenvalue weighted by atomic mass is 9.88. The highest BCUT2D eigenvalue weighted by atomic mass is 16.6. The van der Waals surface area contributed by atoms with Crippen LogP contribution in [-0.4, -0.2) is 56.3 Å². The molecule has 0 bridgehead atoms. The van der Waals surface area contributed by atoms with E-state index in [-0.39, 0.29) is 19.8 Å². The van der Waals surface area contributed by atoms with E-state index in [1.807, 2.05) is 107 Å². The molecule has 0 radical (unpaired) electrons. The Kier molecular flexibility index (Phi) is 21.7. The second-order valence-electron chi connectivity index (χ2n) is 23.8. The average Bonchev–Trinajstić information content (AvgIpc) is 3.37. The van der Waals surface area contributed by atoms with E-state index in [9.17, 15) is 28.8 Å². The van der Waals surface area contributed by atoms with Crippen molar-refractivity contribution in [3.63, 3.8) is 0 Å². The monoisotopic (exact) mass is 1100 g/mol. The number of benzene rings is 4. The number of ether oxygens (including phenoxy) is 5. The molecule has 0 aliphatic carbocycles. The lowest BCUT2D eigenvalue weighted by molar-refractivity contribution is -0.00793. The Bertz CT molecular complexity index is 2990. The number of alkyl carbamates (subject to hydrolysis) is 3. The van der Waals surface area contributed by atoms with E-state index >= 15 is 0 Å². The lowest BCUT2D eigenvalue weighted by Gasteiger charge is -2.33. The molecular weight excluding hydrogens is 1020 g/mol. The number of hydrogen-bond donors (Lipinski definition) is 3. The number of isocyanates is 3. The fourth-order valence-electron chi connectivity index (χ4n) is 7.95. The molecule has 4 aromatic rings. The van der Waals surface area contributed by atoms with Crippen LogP contribution in [0.2, 0.25) is 0 Å². The predicted octanol–water partition coefficient (Wildman–Crippen LogP) is 11.8. The minimum atomic E-state index is -1.25. The van der Waals surface area contributed by atoms with Gasteiger partial charge in [-0.3, -0.25) is 0 Å². The number of aliphatic imine (C=N–C) groups is 3. The van der Waals surface area contributed by atoms with Gasteiger partial charge < -0.3 is 39.6 Å². The third kappa shape index (κ3) is 18.5. The number of amides is 3. The van der Waals surface area contributed by atoms with Gasteiger partial charge in [0.1, 0.15) is 31.0 Å². The highest BCUT2D eigenvalue weighted by Gasteiger charge is 2.36. The fraction of sp³-hybridized carbons (Fsp3) is 0.475. The molecule has 0 aliphatic rings. The Labute approximate surface area is 470 Å². The summed E-state index contributed by atoms with van der Waals surface area (Å²) in [5, 5.41) is 26.4. The van der Waals surface area contributed by atoms with Gasteiger partial charge in [-0.15, -0.1) is 0 Å². The number of carbonyl (C=O) groups is 3. The Hall–Kier alpha value is -8.59. The van der Waals surface area contributed by atoms with Crippen LogP contribution in [0.1, 0.15) is 162 Å².